The van der Waals surface area contributed by atoms with Crippen LogP contribution in [-0.4, -0.2) is 64.5 Å². The minimum atomic E-state index is -0.489. The summed E-state index contributed by atoms with van der Waals surface area (Å²) in [4.78, 5) is 31.0. The van der Waals surface area contributed by atoms with Crippen molar-refractivity contribution in [1.82, 2.24) is 14.8 Å². The molecule has 122 valence electrons. The Morgan fingerprint density at radius 2 is 2.09 bits per heavy atom. The fraction of sp³-hybridized carbons (Fsp3) is 0.625. The lowest BCUT2D eigenvalue weighted by Crippen LogP contribution is -2.55. The molecule has 0 aliphatic carbocycles. The topological polar surface area (TPSA) is 65.6 Å². The van der Waals surface area contributed by atoms with Crippen LogP contribution in [0, 0.1) is 0 Å². The first-order valence-electron chi connectivity index (χ1n) is 7.65. The zero-order valence-corrected chi connectivity index (χ0v) is 13.8. The smallest absolute Gasteiger partial charge is 0.410 e. The highest BCUT2D eigenvalue weighted by atomic mass is 16.6. The number of nitrogens with one attached hydrogen (secondary N) is 1. The third-order valence-corrected chi connectivity index (χ3v) is 3.61. The molecule has 2 rings (SSSR count). The monoisotopic (exact) mass is 307 g/mol. The molecule has 1 fully saturated rings. The van der Waals surface area contributed by atoms with Gasteiger partial charge in [0.05, 0.1) is 12.2 Å². The molecule has 2 heterocycles. The maximum absolute atomic E-state index is 12.2. The minimum Gasteiger partial charge on any atom is -0.444 e. The summed E-state index contributed by atoms with van der Waals surface area (Å²) in [7, 11) is 0. The summed E-state index contributed by atoms with van der Waals surface area (Å²) in [6, 6.07) is 3.62. The van der Waals surface area contributed by atoms with Gasteiger partial charge in [0.15, 0.2) is 5.78 Å². The van der Waals surface area contributed by atoms with Crippen LogP contribution in [0.1, 0.15) is 38.2 Å². The lowest BCUT2D eigenvalue weighted by atomic mass is 10.1. The maximum Gasteiger partial charge on any atom is 0.410 e. The number of aromatic nitrogens is 1. The van der Waals surface area contributed by atoms with E-state index in [-0.39, 0.29) is 17.9 Å². The number of H-pyrrole nitrogens is 1. The second-order valence-electron chi connectivity index (χ2n) is 6.76. The van der Waals surface area contributed by atoms with E-state index in [1.807, 2.05) is 33.8 Å². The number of rotatable bonds is 3. The Hall–Kier alpha value is -1.82. The van der Waals surface area contributed by atoms with E-state index in [2.05, 4.69) is 9.88 Å². The zero-order chi connectivity index (χ0) is 16.3. The van der Waals surface area contributed by atoms with Gasteiger partial charge >= 0.3 is 6.09 Å². The van der Waals surface area contributed by atoms with Gasteiger partial charge in [0.2, 0.25) is 0 Å². The lowest BCUT2D eigenvalue weighted by molar-refractivity contribution is 0.00219. The fourth-order valence-electron chi connectivity index (χ4n) is 2.56. The molecule has 22 heavy (non-hydrogen) atoms. The molecule has 6 heteroatoms. The zero-order valence-electron chi connectivity index (χ0n) is 13.8. The lowest BCUT2D eigenvalue weighted by Gasteiger charge is -2.39. The number of hydrogen-bond donors (Lipinski definition) is 1. The van der Waals surface area contributed by atoms with Crippen LogP contribution in [0.2, 0.25) is 0 Å². The number of ether oxygens (including phenoxy) is 1. The van der Waals surface area contributed by atoms with Gasteiger partial charge in [0.25, 0.3) is 0 Å². The molecule has 1 amide bonds. The van der Waals surface area contributed by atoms with Crippen molar-refractivity contribution in [3.63, 3.8) is 0 Å². The molecule has 1 aromatic rings. The van der Waals surface area contributed by atoms with E-state index < -0.39 is 5.60 Å². The predicted octanol–water partition coefficient (Wildman–Crippen LogP) is 2.14. The van der Waals surface area contributed by atoms with Crippen LogP contribution in [0.15, 0.2) is 18.3 Å². The number of Topliss-reactive ketones (excluding diaryl/α,β-unsaturated/α-hetero) is 1. The first-order chi connectivity index (χ1) is 10.3. The molecule has 1 unspecified atom stereocenters. The molecule has 6 nitrogen and oxygen atoms in total. The van der Waals surface area contributed by atoms with Crippen LogP contribution in [0.25, 0.3) is 0 Å². The highest BCUT2D eigenvalue weighted by molar-refractivity contribution is 5.95. The second kappa shape index (κ2) is 6.52. The quantitative estimate of drug-likeness (QED) is 0.869. The molecule has 1 aliphatic heterocycles. The van der Waals surface area contributed by atoms with Gasteiger partial charge in [-0.25, -0.2) is 4.79 Å². The summed E-state index contributed by atoms with van der Waals surface area (Å²) in [6.07, 6.45) is 1.46. The summed E-state index contributed by atoms with van der Waals surface area (Å²) in [5, 5.41) is 0. The van der Waals surface area contributed by atoms with Crippen LogP contribution >= 0.6 is 0 Å². The van der Waals surface area contributed by atoms with Crippen molar-refractivity contribution in [3.8, 4) is 0 Å². The van der Waals surface area contributed by atoms with Crippen molar-refractivity contribution >= 4 is 11.9 Å². The van der Waals surface area contributed by atoms with Gasteiger partial charge in [-0.3, -0.25) is 9.69 Å². The molecule has 0 saturated carbocycles. The molecular weight excluding hydrogens is 282 g/mol. The highest BCUT2D eigenvalue weighted by Crippen LogP contribution is 2.16. The van der Waals surface area contributed by atoms with E-state index in [4.69, 9.17) is 4.74 Å². The van der Waals surface area contributed by atoms with Crippen LogP contribution < -0.4 is 0 Å². The van der Waals surface area contributed by atoms with Gasteiger partial charge < -0.3 is 14.6 Å². The van der Waals surface area contributed by atoms with Gasteiger partial charge in [-0.2, -0.15) is 0 Å². The average Bonchev–Trinajstić information content (AvgIpc) is 2.90. The molecule has 0 radical (unpaired) electrons. The Balaban J connectivity index is 1.87. The van der Waals surface area contributed by atoms with E-state index in [1.165, 1.54) is 0 Å². The number of hydrogen-bond acceptors (Lipinski definition) is 4. The van der Waals surface area contributed by atoms with E-state index in [9.17, 15) is 9.59 Å². The Bertz CT molecular complexity index is 519. The van der Waals surface area contributed by atoms with Crippen LogP contribution in [0.5, 0.6) is 0 Å². The highest BCUT2D eigenvalue weighted by Gasteiger charge is 2.31. The molecule has 1 aliphatic rings. The van der Waals surface area contributed by atoms with E-state index >= 15 is 0 Å². The Morgan fingerprint density at radius 3 is 2.64 bits per heavy atom. The molecular formula is C16H25N3O3. The minimum absolute atomic E-state index is 0.0278. The standard InChI is InChI=1S/C16H25N3O3/c1-12-10-18(11-14(20)13-6-5-7-17-13)8-9-19(12)15(21)22-16(2,3)4/h5-7,12,17H,8-11H2,1-4H3. The van der Waals surface area contributed by atoms with Crippen molar-refractivity contribution < 1.29 is 14.3 Å². The Kier molecular flexibility index (Phi) is 4.90. The van der Waals surface area contributed by atoms with Gasteiger partial charge in [0.1, 0.15) is 5.60 Å². The summed E-state index contributed by atoms with van der Waals surface area (Å²) in [5.74, 6) is 0.0721. The van der Waals surface area contributed by atoms with Gasteiger partial charge in [-0.1, -0.05) is 0 Å². The number of amides is 1. The third-order valence-electron chi connectivity index (χ3n) is 3.61. The summed E-state index contributed by atoms with van der Waals surface area (Å²) >= 11 is 0. The molecule has 0 bridgehead atoms. The maximum atomic E-state index is 12.2. The third kappa shape index (κ3) is 4.34. The van der Waals surface area contributed by atoms with Crippen LogP contribution in [0.3, 0.4) is 0 Å². The fourth-order valence-corrected chi connectivity index (χ4v) is 2.56. The SMILES string of the molecule is CC1CN(CC(=O)c2ccc[nH]2)CCN1C(=O)OC(C)(C)C. The van der Waals surface area contributed by atoms with E-state index in [0.717, 1.165) is 0 Å². The Morgan fingerprint density at radius 1 is 1.36 bits per heavy atom. The number of ketones is 1. The Labute approximate surface area is 131 Å². The normalized spacial score (nSPS) is 20.0. The van der Waals surface area contributed by atoms with Crippen molar-refractivity contribution in [2.45, 2.75) is 39.3 Å². The molecule has 0 spiro atoms. The van der Waals surface area contributed by atoms with Crippen molar-refractivity contribution in [1.29, 1.82) is 0 Å². The first-order valence-corrected chi connectivity index (χ1v) is 7.65. The van der Waals surface area contributed by atoms with Crippen molar-refractivity contribution in [2.75, 3.05) is 26.2 Å². The molecule has 1 saturated heterocycles. The predicted molar refractivity (Wildman–Crippen MR) is 84.0 cm³/mol. The second-order valence-corrected chi connectivity index (χ2v) is 6.76. The summed E-state index contributed by atoms with van der Waals surface area (Å²) < 4.78 is 5.42. The molecule has 0 aromatic carbocycles. The van der Waals surface area contributed by atoms with Crippen molar-refractivity contribution in [2.24, 2.45) is 0 Å². The van der Waals surface area contributed by atoms with Crippen molar-refractivity contribution in [3.05, 3.63) is 24.0 Å². The van der Waals surface area contributed by atoms with Crippen LogP contribution in [0.4, 0.5) is 4.79 Å². The number of aromatic amines is 1. The average molecular weight is 307 g/mol. The molecule has 1 aromatic heterocycles. The largest absolute Gasteiger partial charge is 0.444 e. The summed E-state index contributed by atoms with van der Waals surface area (Å²) in [5.41, 5.74) is 0.138. The number of carbonyl (C=O) groups is 2. The number of carbonyl (C=O) groups excluding carboxylic acids is 2. The number of piperazine rings is 1. The van der Waals surface area contributed by atoms with Gasteiger partial charge in [-0.05, 0) is 39.8 Å². The van der Waals surface area contributed by atoms with E-state index in [0.29, 0.717) is 31.9 Å². The number of nitrogens with zero attached hydrogens (tertiary/aromatic N) is 2. The first kappa shape index (κ1) is 16.5. The van der Waals surface area contributed by atoms with Gasteiger partial charge in [0, 0.05) is 31.9 Å². The van der Waals surface area contributed by atoms with Gasteiger partial charge in [-0.15, -0.1) is 0 Å². The molecule has 1 atom stereocenters. The summed E-state index contributed by atoms with van der Waals surface area (Å²) in [6.45, 7) is 9.86. The molecule has 1 N–H and O–H groups in total. The van der Waals surface area contributed by atoms with Crippen LogP contribution in [-0.2, 0) is 4.74 Å². The van der Waals surface area contributed by atoms with E-state index in [1.54, 1.807) is 17.2 Å².